The van der Waals surface area contributed by atoms with Crippen molar-refractivity contribution in [2.24, 2.45) is 0 Å². The molecule has 0 aromatic rings. The van der Waals surface area contributed by atoms with Gasteiger partial charge in [0.2, 0.25) is 5.91 Å². The van der Waals surface area contributed by atoms with Crippen molar-refractivity contribution in [2.45, 2.75) is 50.6 Å². The van der Waals surface area contributed by atoms with E-state index >= 15 is 0 Å². The first-order valence-electron chi connectivity index (χ1n) is 6.97. The van der Waals surface area contributed by atoms with E-state index in [-0.39, 0.29) is 5.91 Å². The molecule has 4 heteroatoms. The van der Waals surface area contributed by atoms with E-state index in [9.17, 15) is 4.79 Å². The second-order valence-corrected chi connectivity index (χ2v) is 5.32. The van der Waals surface area contributed by atoms with Crippen LogP contribution in [0.2, 0.25) is 0 Å². The number of amides is 1. The van der Waals surface area contributed by atoms with Gasteiger partial charge in [-0.1, -0.05) is 0 Å². The second kappa shape index (κ2) is 6.36. The number of nitrogens with zero attached hydrogens (tertiary/aromatic N) is 1. The summed E-state index contributed by atoms with van der Waals surface area (Å²) >= 11 is 0. The van der Waals surface area contributed by atoms with E-state index in [2.05, 4.69) is 15.5 Å². The molecule has 0 bridgehead atoms. The van der Waals surface area contributed by atoms with Crippen LogP contribution in [0.25, 0.3) is 0 Å². The van der Waals surface area contributed by atoms with Crippen molar-refractivity contribution in [1.82, 2.24) is 15.5 Å². The largest absolute Gasteiger partial charge is 0.353 e. The summed E-state index contributed by atoms with van der Waals surface area (Å²) < 4.78 is 0. The maximum atomic E-state index is 11.7. The average molecular weight is 239 g/mol. The third kappa shape index (κ3) is 4.28. The smallest absolute Gasteiger partial charge is 0.220 e. The second-order valence-electron chi connectivity index (χ2n) is 5.32. The molecule has 0 spiro atoms. The summed E-state index contributed by atoms with van der Waals surface area (Å²) in [4.78, 5) is 14.2. The van der Waals surface area contributed by atoms with E-state index < -0.39 is 0 Å². The number of carbonyl (C=O) groups is 1. The summed E-state index contributed by atoms with van der Waals surface area (Å²) in [6, 6.07) is 1.30. The minimum absolute atomic E-state index is 0.227. The third-order valence-electron chi connectivity index (χ3n) is 3.79. The molecule has 2 N–H and O–H groups in total. The quantitative estimate of drug-likeness (QED) is 0.672. The highest BCUT2D eigenvalue weighted by atomic mass is 16.1. The standard InChI is InChI=1S/C13H25N3O/c1-14-8-2-3-13(17)15-11-6-9-16(10-7-11)12-4-5-12/h11-12,14H,2-10H2,1H3,(H,15,17). The number of nitrogens with one attached hydrogen (secondary N) is 2. The van der Waals surface area contributed by atoms with Gasteiger partial charge in [-0.2, -0.15) is 0 Å². The minimum Gasteiger partial charge on any atom is -0.353 e. The molecule has 2 fully saturated rings. The number of hydrogen-bond donors (Lipinski definition) is 2. The fraction of sp³-hybridized carbons (Fsp3) is 0.923. The van der Waals surface area contributed by atoms with Crippen LogP contribution in [-0.2, 0) is 4.79 Å². The van der Waals surface area contributed by atoms with Crippen molar-refractivity contribution in [3.63, 3.8) is 0 Å². The van der Waals surface area contributed by atoms with Crippen LogP contribution in [0.4, 0.5) is 0 Å². The third-order valence-corrected chi connectivity index (χ3v) is 3.79. The summed E-state index contributed by atoms with van der Waals surface area (Å²) in [5, 5.41) is 6.23. The molecular weight excluding hydrogens is 214 g/mol. The maximum Gasteiger partial charge on any atom is 0.220 e. The molecule has 2 aliphatic rings. The van der Waals surface area contributed by atoms with Gasteiger partial charge in [0, 0.05) is 31.6 Å². The van der Waals surface area contributed by atoms with Gasteiger partial charge in [0.1, 0.15) is 0 Å². The average Bonchev–Trinajstić information content (AvgIpc) is 3.14. The van der Waals surface area contributed by atoms with Crippen molar-refractivity contribution >= 4 is 5.91 Å². The molecule has 1 aliphatic heterocycles. The molecule has 0 atom stereocenters. The first-order chi connectivity index (χ1) is 8.29. The van der Waals surface area contributed by atoms with E-state index in [4.69, 9.17) is 0 Å². The molecular formula is C13H25N3O. The summed E-state index contributed by atoms with van der Waals surface area (Å²) in [6.07, 6.45) is 6.64. The highest BCUT2D eigenvalue weighted by molar-refractivity contribution is 5.76. The fourth-order valence-corrected chi connectivity index (χ4v) is 2.57. The van der Waals surface area contributed by atoms with Crippen LogP contribution >= 0.6 is 0 Å². The van der Waals surface area contributed by atoms with Gasteiger partial charge in [-0.15, -0.1) is 0 Å². The first-order valence-corrected chi connectivity index (χ1v) is 6.97. The summed E-state index contributed by atoms with van der Waals surface area (Å²) in [5.41, 5.74) is 0. The van der Waals surface area contributed by atoms with Crippen molar-refractivity contribution in [3.05, 3.63) is 0 Å². The molecule has 1 amide bonds. The predicted molar refractivity (Wildman–Crippen MR) is 68.9 cm³/mol. The Balaban J connectivity index is 1.58. The predicted octanol–water partition coefficient (Wildman–Crippen LogP) is 0.729. The van der Waals surface area contributed by atoms with Crippen LogP contribution in [0.3, 0.4) is 0 Å². The topological polar surface area (TPSA) is 44.4 Å². The Labute approximate surface area is 104 Å². The molecule has 1 aliphatic carbocycles. The molecule has 0 aromatic heterocycles. The van der Waals surface area contributed by atoms with Crippen LogP contribution in [-0.4, -0.2) is 49.6 Å². The summed E-state index contributed by atoms with van der Waals surface area (Å²) in [5.74, 6) is 0.227. The number of hydrogen-bond acceptors (Lipinski definition) is 3. The molecule has 1 saturated heterocycles. The zero-order valence-electron chi connectivity index (χ0n) is 10.9. The zero-order valence-corrected chi connectivity index (χ0v) is 10.9. The van der Waals surface area contributed by atoms with E-state index in [0.717, 1.165) is 31.8 Å². The van der Waals surface area contributed by atoms with Crippen molar-refractivity contribution < 1.29 is 4.79 Å². The lowest BCUT2D eigenvalue weighted by Crippen LogP contribution is -2.45. The Morgan fingerprint density at radius 2 is 1.94 bits per heavy atom. The first kappa shape index (κ1) is 12.8. The lowest BCUT2D eigenvalue weighted by molar-refractivity contribution is -0.122. The van der Waals surface area contributed by atoms with Gasteiger partial charge in [0.05, 0.1) is 0 Å². The van der Waals surface area contributed by atoms with Crippen LogP contribution in [0.15, 0.2) is 0 Å². The number of carbonyl (C=O) groups excluding carboxylic acids is 1. The van der Waals surface area contributed by atoms with Gasteiger partial charge >= 0.3 is 0 Å². The summed E-state index contributed by atoms with van der Waals surface area (Å²) in [6.45, 7) is 3.27. The highest BCUT2D eigenvalue weighted by Crippen LogP contribution is 2.29. The van der Waals surface area contributed by atoms with Crippen LogP contribution in [0.5, 0.6) is 0 Å². The minimum atomic E-state index is 0.227. The van der Waals surface area contributed by atoms with Crippen molar-refractivity contribution in [2.75, 3.05) is 26.7 Å². The molecule has 0 aromatic carbocycles. The SMILES string of the molecule is CNCCCC(=O)NC1CCN(C2CC2)CC1. The van der Waals surface area contributed by atoms with E-state index in [1.807, 2.05) is 7.05 Å². The monoisotopic (exact) mass is 239 g/mol. The number of likely N-dealkylation sites (tertiary alicyclic amines) is 1. The van der Waals surface area contributed by atoms with Crippen molar-refractivity contribution in [3.8, 4) is 0 Å². The van der Waals surface area contributed by atoms with Gasteiger partial charge in [-0.3, -0.25) is 4.79 Å². The van der Waals surface area contributed by atoms with Gasteiger partial charge in [-0.05, 0) is 45.7 Å². The number of piperidine rings is 1. The molecule has 1 saturated carbocycles. The molecule has 17 heavy (non-hydrogen) atoms. The maximum absolute atomic E-state index is 11.7. The Kier molecular flexibility index (Phi) is 4.80. The Hall–Kier alpha value is -0.610. The van der Waals surface area contributed by atoms with Crippen LogP contribution in [0.1, 0.15) is 38.5 Å². The van der Waals surface area contributed by atoms with Gasteiger partial charge in [0.15, 0.2) is 0 Å². The molecule has 1 heterocycles. The van der Waals surface area contributed by atoms with E-state index in [1.54, 1.807) is 0 Å². The molecule has 0 unspecified atom stereocenters. The fourth-order valence-electron chi connectivity index (χ4n) is 2.57. The summed E-state index contributed by atoms with van der Waals surface area (Å²) in [7, 11) is 1.92. The Morgan fingerprint density at radius 3 is 2.53 bits per heavy atom. The highest BCUT2D eigenvalue weighted by Gasteiger charge is 2.31. The Bertz CT molecular complexity index is 245. The lowest BCUT2D eigenvalue weighted by atomic mass is 10.0. The Morgan fingerprint density at radius 1 is 1.24 bits per heavy atom. The van der Waals surface area contributed by atoms with Gasteiger partial charge < -0.3 is 15.5 Å². The molecule has 98 valence electrons. The zero-order chi connectivity index (χ0) is 12.1. The number of rotatable bonds is 6. The van der Waals surface area contributed by atoms with Crippen LogP contribution < -0.4 is 10.6 Å². The van der Waals surface area contributed by atoms with E-state index in [1.165, 1.54) is 25.9 Å². The van der Waals surface area contributed by atoms with E-state index in [0.29, 0.717) is 12.5 Å². The lowest BCUT2D eigenvalue weighted by Gasteiger charge is -2.32. The van der Waals surface area contributed by atoms with Gasteiger partial charge in [0.25, 0.3) is 0 Å². The molecule has 4 nitrogen and oxygen atoms in total. The molecule has 2 rings (SSSR count). The van der Waals surface area contributed by atoms with Crippen LogP contribution in [0, 0.1) is 0 Å². The van der Waals surface area contributed by atoms with Gasteiger partial charge in [-0.25, -0.2) is 0 Å². The van der Waals surface area contributed by atoms with Crippen molar-refractivity contribution in [1.29, 1.82) is 0 Å². The normalized spacial score (nSPS) is 22.6. The molecule has 0 radical (unpaired) electrons.